The van der Waals surface area contributed by atoms with Gasteiger partial charge in [0.2, 0.25) is 0 Å². The zero-order chi connectivity index (χ0) is 19.1. The Balaban J connectivity index is 1.69. The molecule has 0 aromatic heterocycles. The van der Waals surface area contributed by atoms with Crippen LogP contribution in [0.5, 0.6) is 0 Å². The van der Waals surface area contributed by atoms with Crippen molar-refractivity contribution in [1.29, 1.82) is 0 Å². The van der Waals surface area contributed by atoms with E-state index in [1.807, 2.05) is 35.3 Å². The van der Waals surface area contributed by atoms with Gasteiger partial charge in [-0.3, -0.25) is 20.0 Å². The van der Waals surface area contributed by atoms with Crippen molar-refractivity contribution < 1.29 is 9.59 Å². The molecule has 8 nitrogen and oxygen atoms in total. The first kappa shape index (κ1) is 17.9. The monoisotopic (exact) mass is 370 g/mol. The Bertz CT molecular complexity index is 767. The molecule has 27 heavy (non-hydrogen) atoms. The molecule has 2 saturated heterocycles. The third-order valence-corrected chi connectivity index (χ3v) is 5.59. The molecule has 0 spiro atoms. The number of benzene rings is 1. The number of carbonyl (C=O) groups excluding carboxylic acids is 2. The molecular formula is C19H26N6O2. The van der Waals surface area contributed by atoms with Gasteiger partial charge < -0.3 is 4.90 Å². The molecule has 0 saturated carbocycles. The van der Waals surface area contributed by atoms with Crippen molar-refractivity contribution in [2.45, 2.75) is 38.3 Å². The summed E-state index contributed by atoms with van der Waals surface area (Å²) in [6.07, 6.45) is 1.53. The highest BCUT2D eigenvalue weighted by molar-refractivity contribution is 6.04. The van der Waals surface area contributed by atoms with Crippen LogP contribution < -0.4 is 5.32 Å². The van der Waals surface area contributed by atoms with Crippen molar-refractivity contribution >= 4 is 17.6 Å². The number of hydrogen-bond donors (Lipinski definition) is 1. The minimum Gasteiger partial charge on any atom is -0.310 e. The fourth-order valence-corrected chi connectivity index (χ4v) is 4.05. The molecule has 0 radical (unpaired) electrons. The number of rotatable bonds is 4. The van der Waals surface area contributed by atoms with Crippen LogP contribution >= 0.6 is 0 Å². The van der Waals surface area contributed by atoms with Gasteiger partial charge in [-0.2, -0.15) is 5.10 Å². The van der Waals surface area contributed by atoms with Crippen LogP contribution in [0.1, 0.15) is 25.3 Å². The number of unbranched alkanes of at least 4 members (excludes halogenated alkanes) is 1. The van der Waals surface area contributed by atoms with Crippen molar-refractivity contribution in [2.75, 3.05) is 27.2 Å². The topological polar surface area (TPSA) is 71.5 Å². The summed E-state index contributed by atoms with van der Waals surface area (Å²) in [4.78, 5) is 30.2. The second-order valence-corrected chi connectivity index (χ2v) is 7.32. The fraction of sp³-hybridized carbons (Fsp3) is 0.526. The highest BCUT2D eigenvalue weighted by Gasteiger charge is 2.55. The Hall–Kier alpha value is -2.45. The van der Waals surface area contributed by atoms with Crippen LogP contribution in [0.15, 0.2) is 35.4 Å². The van der Waals surface area contributed by atoms with E-state index in [0.717, 1.165) is 30.7 Å². The molecule has 3 heterocycles. The molecule has 3 atom stereocenters. The van der Waals surface area contributed by atoms with Gasteiger partial charge in [-0.05, 0) is 12.0 Å². The van der Waals surface area contributed by atoms with E-state index in [0.29, 0.717) is 6.54 Å². The number of carbonyl (C=O) groups is 2. The average molecular weight is 370 g/mol. The lowest BCUT2D eigenvalue weighted by atomic mass is 10.1. The maximum Gasteiger partial charge on any atom is 0.327 e. The summed E-state index contributed by atoms with van der Waals surface area (Å²) in [5.41, 5.74) is 2.00. The number of nitrogens with one attached hydrogen (secondary N) is 1. The molecule has 144 valence electrons. The molecule has 4 rings (SSSR count). The lowest BCUT2D eigenvalue weighted by Crippen LogP contribution is -2.65. The SMILES string of the molecule is CCCCN1N=C(c2ccccc2)CN2C3C(=O)N(C)C(=O)N(C)C3NC12. The minimum atomic E-state index is -0.416. The zero-order valence-corrected chi connectivity index (χ0v) is 16.0. The third-order valence-electron chi connectivity index (χ3n) is 5.59. The van der Waals surface area contributed by atoms with Crippen LogP contribution in [0.2, 0.25) is 0 Å². The highest BCUT2D eigenvalue weighted by atomic mass is 16.2. The number of nitrogens with zero attached hydrogens (tertiary/aromatic N) is 5. The Morgan fingerprint density at radius 3 is 2.63 bits per heavy atom. The summed E-state index contributed by atoms with van der Waals surface area (Å²) in [6, 6.07) is 9.37. The average Bonchev–Trinajstić information content (AvgIpc) is 3.09. The fourth-order valence-electron chi connectivity index (χ4n) is 4.05. The lowest BCUT2D eigenvalue weighted by Gasteiger charge is -2.41. The molecule has 0 bridgehead atoms. The molecule has 3 unspecified atom stereocenters. The van der Waals surface area contributed by atoms with Crippen molar-refractivity contribution in [3.05, 3.63) is 35.9 Å². The van der Waals surface area contributed by atoms with Crippen LogP contribution in [0.3, 0.4) is 0 Å². The highest BCUT2D eigenvalue weighted by Crippen LogP contribution is 2.30. The first-order valence-corrected chi connectivity index (χ1v) is 9.48. The van der Waals surface area contributed by atoms with Crippen molar-refractivity contribution in [2.24, 2.45) is 5.10 Å². The normalized spacial score (nSPS) is 28.3. The first-order chi connectivity index (χ1) is 13.0. The second kappa shape index (κ2) is 6.94. The lowest BCUT2D eigenvalue weighted by molar-refractivity contribution is -0.137. The summed E-state index contributed by atoms with van der Waals surface area (Å²) in [5, 5.41) is 10.4. The Kier molecular flexibility index (Phi) is 4.61. The number of likely N-dealkylation sites (N-methyl/N-ethyl adjacent to an activating group) is 2. The Morgan fingerprint density at radius 1 is 1.19 bits per heavy atom. The van der Waals surface area contributed by atoms with Gasteiger partial charge >= 0.3 is 6.03 Å². The molecule has 1 N–H and O–H groups in total. The van der Waals surface area contributed by atoms with Gasteiger partial charge in [0, 0.05) is 27.2 Å². The minimum absolute atomic E-state index is 0.164. The summed E-state index contributed by atoms with van der Waals surface area (Å²) >= 11 is 0. The molecule has 0 aliphatic carbocycles. The summed E-state index contributed by atoms with van der Waals surface area (Å²) in [5.74, 6) is -0.164. The van der Waals surface area contributed by atoms with Crippen LogP contribution in [0, 0.1) is 0 Å². The largest absolute Gasteiger partial charge is 0.327 e. The molecule has 8 heteroatoms. The maximum absolute atomic E-state index is 12.9. The summed E-state index contributed by atoms with van der Waals surface area (Å²) in [6.45, 7) is 3.51. The van der Waals surface area contributed by atoms with Crippen LogP contribution in [-0.2, 0) is 4.79 Å². The smallest absolute Gasteiger partial charge is 0.310 e. The van der Waals surface area contributed by atoms with Gasteiger partial charge in [-0.25, -0.2) is 9.69 Å². The number of hydrogen-bond acceptors (Lipinski definition) is 6. The summed E-state index contributed by atoms with van der Waals surface area (Å²) in [7, 11) is 3.29. The molecule has 3 aliphatic heterocycles. The molecule has 1 aromatic rings. The van der Waals surface area contributed by atoms with E-state index in [1.165, 1.54) is 4.90 Å². The van der Waals surface area contributed by atoms with Gasteiger partial charge in [0.1, 0.15) is 12.2 Å². The van der Waals surface area contributed by atoms with Crippen LogP contribution in [0.25, 0.3) is 0 Å². The quantitative estimate of drug-likeness (QED) is 0.853. The van der Waals surface area contributed by atoms with Crippen LogP contribution in [-0.4, -0.2) is 83.0 Å². The predicted octanol–water partition coefficient (Wildman–Crippen LogP) is 0.914. The van der Waals surface area contributed by atoms with Crippen molar-refractivity contribution in [3.8, 4) is 0 Å². The molecule has 3 amide bonds. The Labute approximate surface area is 159 Å². The third kappa shape index (κ3) is 2.89. The second-order valence-electron chi connectivity index (χ2n) is 7.32. The van der Waals surface area contributed by atoms with Crippen molar-refractivity contribution in [1.82, 2.24) is 25.0 Å². The van der Waals surface area contributed by atoms with E-state index in [2.05, 4.69) is 17.1 Å². The van der Waals surface area contributed by atoms with E-state index >= 15 is 0 Å². The van der Waals surface area contributed by atoms with Gasteiger partial charge in [0.25, 0.3) is 5.91 Å². The summed E-state index contributed by atoms with van der Waals surface area (Å²) < 4.78 is 0. The van der Waals surface area contributed by atoms with Gasteiger partial charge in [-0.1, -0.05) is 43.7 Å². The van der Waals surface area contributed by atoms with E-state index < -0.39 is 6.04 Å². The first-order valence-electron chi connectivity index (χ1n) is 9.48. The van der Waals surface area contributed by atoms with Gasteiger partial charge in [-0.15, -0.1) is 0 Å². The molecule has 2 fully saturated rings. The predicted molar refractivity (Wildman–Crippen MR) is 102 cm³/mol. The Morgan fingerprint density at radius 2 is 1.93 bits per heavy atom. The van der Waals surface area contributed by atoms with E-state index in [-0.39, 0.29) is 24.4 Å². The van der Waals surface area contributed by atoms with Gasteiger partial charge in [0.15, 0.2) is 6.29 Å². The maximum atomic E-state index is 12.9. The molecular weight excluding hydrogens is 344 g/mol. The number of imide groups is 1. The number of urea groups is 1. The van der Waals surface area contributed by atoms with Gasteiger partial charge in [0.05, 0.1) is 5.71 Å². The number of fused-ring (bicyclic) bond motifs is 3. The van der Waals surface area contributed by atoms with E-state index in [1.54, 1.807) is 19.0 Å². The zero-order valence-electron chi connectivity index (χ0n) is 16.0. The number of amides is 3. The standard InChI is InChI=1S/C19H26N6O2/c1-4-5-11-25-18-20-16-15(17(26)23(3)19(27)22(16)2)24(18)12-14(21-25)13-9-7-6-8-10-13/h6-10,15-16,18,20H,4-5,11-12H2,1-3H3. The molecule has 1 aromatic carbocycles. The number of hydrazone groups is 1. The molecule has 3 aliphatic rings. The van der Waals surface area contributed by atoms with E-state index in [4.69, 9.17) is 5.10 Å². The van der Waals surface area contributed by atoms with Crippen LogP contribution in [0.4, 0.5) is 4.79 Å². The van der Waals surface area contributed by atoms with E-state index in [9.17, 15) is 9.59 Å². The van der Waals surface area contributed by atoms with Crippen molar-refractivity contribution in [3.63, 3.8) is 0 Å².